The predicted molar refractivity (Wildman–Crippen MR) is 499 cm³/mol. The number of methoxy groups -OCH3 is 4. The van der Waals surface area contributed by atoms with Gasteiger partial charge >= 0.3 is 0 Å². The highest BCUT2D eigenvalue weighted by Gasteiger charge is 2.40. The van der Waals surface area contributed by atoms with E-state index in [0.29, 0.717) is 179 Å². The Balaban J connectivity index is 0.000000127. The van der Waals surface area contributed by atoms with Gasteiger partial charge in [0.25, 0.3) is 0 Å². The average Bonchev–Trinajstić information content (AvgIpc) is 1.63. The third-order valence-electron chi connectivity index (χ3n) is 24.0. The van der Waals surface area contributed by atoms with Crippen molar-refractivity contribution in [2.75, 3.05) is 110 Å². The van der Waals surface area contributed by atoms with Crippen molar-refractivity contribution in [3.8, 4) is 23.0 Å². The zero-order chi connectivity index (χ0) is 97.5. The van der Waals surface area contributed by atoms with E-state index >= 15 is 0 Å². The number of aliphatic hydroxyl groups is 4. The Labute approximate surface area is 779 Å². The van der Waals surface area contributed by atoms with Gasteiger partial charge in [-0.3, -0.25) is 28.3 Å². The summed E-state index contributed by atoms with van der Waals surface area (Å²) in [5.41, 5.74) is 28.3. The standard InChI is InChI=1S/C24H31FN8O2.C22H27FN8O3.2C22H25FN8O3/c1-5-15-7-6-14(11-32(15)16-10-27-31(12-16)13-24(2,3)34)21-29-22-17-8-18(25)20(35-4)9-19(17)28-23(26)33(22)30-21;1-12-16(9-30(27-12)11-22(2,3)32)29-5-6-34-18(10-29)19-26-20-13-7-14(23)17(33-4)8-15(13)25-21(24)31(20)28-19;2*1-22(2,33)11-29-10-12(9-25-29)30-6-4-5-13(20(30)32)18-27-19-14-7-15(23)17(34-3)8-16(14)26-21(24)31(19)28-18/h8-10,12,14-15,34H,5-7,11,13H2,1-4H3,(H2,26,28);7-9,18,32H,5-6,10-11H2,1-4H3,(H2,24,25);2*7-10,13,33H,4-6,11H2,1-3H3,(H2,24,26)/t14-,15-;18-;2*13-/m1110/s1. The maximum absolute atomic E-state index is 14.5. The second-order valence-corrected chi connectivity index (χ2v) is 37.1. The van der Waals surface area contributed by atoms with E-state index in [1.54, 1.807) is 109 Å². The summed E-state index contributed by atoms with van der Waals surface area (Å²) in [6, 6.07) is 11.5. The topological polar surface area (TPSA) is 522 Å². The molecule has 0 unspecified atom stereocenters. The summed E-state index contributed by atoms with van der Waals surface area (Å²) in [6.07, 6.45) is 17.5. The fourth-order valence-corrected chi connectivity index (χ4v) is 17.8. The Kier molecular flexibility index (Phi) is 25.4. The highest BCUT2D eigenvalue weighted by Crippen LogP contribution is 2.41. The van der Waals surface area contributed by atoms with Gasteiger partial charge in [-0.15, -0.1) is 20.4 Å². The van der Waals surface area contributed by atoms with Gasteiger partial charge in [-0.05, 0) is 132 Å². The van der Waals surface area contributed by atoms with Crippen LogP contribution in [-0.4, -0.2) is 246 Å². The average molecular weight is 1890 g/mol. The van der Waals surface area contributed by atoms with Crippen LogP contribution in [0, 0.1) is 30.2 Å². The summed E-state index contributed by atoms with van der Waals surface area (Å²) in [5, 5.41) is 77.8. The largest absolute Gasteiger partial charge is 0.494 e. The van der Waals surface area contributed by atoms with Crippen molar-refractivity contribution in [2.45, 2.75) is 193 Å². The van der Waals surface area contributed by atoms with E-state index in [-0.39, 0.29) is 64.5 Å². The Bertz CT molecular complexity index is 7050. The van der Waals surface area contributed by atoms with Crippen molar-refractivity contribution >= 4 is 125 Å². The summed E-state index contributed by atoms with van der Waals surface area (Å²) >= 11 is 0. The lowest BCUT2D eigenvalue weighted by molar-refractivity contribution is -0.122. The SMILES string of the molecule is CC[C@@H]1CC[C@@H](c2nc3c4cc(F)c(OC)cc4nc(N)n3n2)CN1c1cnn(CC(C)(C)O)c1.COc1cc2nc(N)n3nc([C@@H]4CCCN(c5cnn(CC(C)(C)O)c5)C4=O)nc3c2cc1F.COc1cc2nc(N)n3nc([C@H]4CCCN(c5cnn(CC(C)(C)O)c5)C4=O)nc3c2cc1F.COc1cc2nc(N)n3nc([C@H]4CN(c5cn(CC(C)(C)O)nc5C)CCO4)nc3c2cc1F. The number of carbonyl (C=O) groups is 2. The van der Waals surface area contributed by atoms with Crippen LogP contribution in [-0.2, 0) is 40.5 Å². The molecule has 43 nitrogen and oxygen atoms in total. The fraction of sp³-hybridized carbons (Fsp3) is 0.444. The molecule has 4 saturated heterocycles. The number of amides is 2. The third-order valence-corrected chi connectivity index (χ3v) is 24.0. The molecule has 137 heavy (non-hydrogen) atoms. The van der Waals surface area contributed by atoms with Crippen LogP contribution in [0.2, 0.25) is 0 Å². The molecule has 12 N–H and O–H groups in total. The molecule has 0 aliphatic carbocycles. The Morgan fingerprint density at radius 1 is 0.431 bits per heavy atom. The number of nitrogens with two attached hydrogens (primary N) is 4. The molecule has 4 fully saturated rings. The number of nitrogens with zero attached hydrogens (tertiary/aromatic N) is 28. The summed E-state index contributed by atoms with van der Waals surface area (Å²) < 4.78 is 96.1. The van der Waals surface area contributed by atoms with Crippen LogP contribution in [0.5, 0.6) is 23.0 Å². The quantitative estimate of drug-likeness (QED) is 0.0311. The van der Waals surface area contributed by atoms with Crippen LogP contribution in [0.4, 0.5) is 64.1 Å². The number of nitrogen functional groups attached to an aromatic ring is 4. The van der Waals surface area contributed by atoms with Gasteiger partial charge in [0.15, 0.2) is 92.2 Å². The molecule has 0 radical (unpaired) electrons. The normalized spacial score (nSPS) is 17.6. The smallest absolute Gasteiger partial charge is 0.237 e. The van der Waals surface area contributed by atoms with Gasteiger partial charge in [0.2, 0.25) is 35.6 Å². The van der Waals surface area contributed by atoms with Crippen LogP contribution < -0.4 is 61.5 Å². The van der Waals surface area contributed by atoms with Crippen molar-refractivity contribution in [1.29, 1.82) is 0 Å². The van der Waals surface area contributed by atoms with Gasteiger partial charge in [-0.25, -0.2) is 57.4 Å². The number of fused-ring (bicyclic) bond motifs is 12. The van der Waals surface area contributed by atoms with Gasteiger partial charge < -0.3 is 86.6 Å². The van der Waals surface area contributed by atoms with Crippen molar-refractivity contribution in [2.24, 2.45) is 0 Å². The molecule has 4 aliphatic heterocycles. The lowest BCUT2D eigenvalue weighted by Crippen LogP contribution is -2.42. The molecule has 47 heteroatoms. The Morgan fingerprint density at radius 2 is 0.781 bits per heavy atom. The number of hydrogen-bond donors (Lipinski definition) is 8. The second-order valence-electron chi connectivity index (χ2n) is 37.1. The first-order chi connectivity index (χ1) is 65.1. The van der Waals surface area contributed by atoms with Gasteiger partial charge in [0.1, 0.15) is 17.9 Å². The second kappa shape index (κ2) is 36.9. The highest BCUT2D eigenvalue weighted by atomic mass is 19.1. The molecule has 20 rings (SSSR count). The molecule has 16 aromatic rings. The number of hydrogen-bond acceptors (Lipinski definition) is 33. The fourth-order valence-electron chi connectivity index (χ4n) is 17.8. The molecule has 0 spiro atoms. The predicted octanol–water partition coefficient (Wildman–Crippen LogP) is 8.77. The first kappa shape index (κ1) is 94.2. The first-order valence-corrected chi connectivity index (χ1v) is 44.6. The highest BCUT2D eigenvalue weighted by molar-refractivity contribution is 6.01. The molecular weight excluding hydrogens is 1780 g/mol. The minimum absolute atomic E-state index is 0.0479. The number of rotatable bonds is 21. The minimum atomic E-state index is -0.932. The number of morpholine rings is 1. The molecule has 4 aliphatic rings. The Morgan fingerprint density at radius 3 is 1.16 bits per heavy atom. The van der Waals surface area contributed by atoms with Crippen molar-refractivity contribution in [3.63, 3.8) is 0 Å². The molecule has 16 heterocycles. The molecule has 0 saturated carbocycles. The number of aromatic nitrogens is 24. The molecule has 12 aromatic heterocycles. The van der Waals surface area contributed by atoms with E-state index < -0.39 is 63.6 Å². The molecule has 5 atom stereocenters. The van der Waals surface area contributed by atoms with Crippen LogP contribution in [0.25, 0.3) is 66.2 Å². The lowest BCUT2D eigenvalue weighted by Gasteiger charge is -2.39. The van der Waals surface area contributed by atoms with E-state index in [1.165, 1.54) is 95.0 Å². The number of benzene rings is 4. The van der Waals surface area contributed by atoms with Gasteiger partial charge in [-0.1, -0.05) is 6.92 Å². The summed E-state index contributed by atoms with van der Waals surface area (Å²) in [5.74, 6) is -1.14. The van der Waals surface area contributed by atoms with E-state index in [4.69, 9.17) is 51.6 Å². The monoisotopic (exact) mass is 1890 g/mol. The maximum Gasteiger partial charge on any atom is 0.237 e. The lowest BCUT2D eigenvalue weighted by atomic mass is 9.90. The summed E-state index contributed by atoms with van der Waals surface area (Å²) in [4.78, 5) is 70.5. The minimum Gasteiger partial charge on any atom is -0.494 e. The van der Waals surface area contributed by atoms with Crippen LogP contribution in [0.3, 0.4) is 0 Å². The third kappa shape index (κ3) is 19.6. The zero-order valence-electron chi connectivity index (χ0n) is 78.1. The number of anilines is 8. The summed E-state index contributed by atoms with van der Waals surface area (Å²) in [7, 11) is 5.55. The van der Waals surface area contributed by atoms with E-state index in [9.17, 15) is 47.6 Å². The van der Waals surface area contributed by atoms with E-state index in [0.717, 1.165) is 55.7 Å². The molecule has 722 valence electrons. The molecular formula is C90H108F4N32O11. The maximum atomic E-state index is 14.5. The molecule has 0 bridgehead atoms. The van der Waals surface area contributed by atoms with Gasteiger partial charge in [0, 0.05) is 109 Å². The zero-order valence-corrected chi connectivity index (χ0v) is 78.1. The van der Waals surface area contributed by atoms with Crippen LogP contribution in [0.15, 0.2) is 91.9 Å². The van der Waals surface area contributed by atoms with Gasteiger partial charge in [0.05, 0.1) is 159 Å². The number of aryl methyl sites for hydroxylation is 1. The molecule has 4 aromatic carbocycles. The van der Waals surface area contributed by atoms with Crippen molar-refractivity contribution in [1.82, 2.24) is 117 Å². The number of halogens is 4. The number of ether oxygens (including phenoxy) is 5. The van der Waals surface area contributed by atoms with Crippen molar-refractivity contribution < 1.29 is 71.3 Å². The molecule has 2 amide bonds. The van der Waals surface area contributed by atoms with Crippen molar-refractivity contribution in [3.05, 3.63) is 144 Å². The first-order valence-electron chi connectivity index (χ1n) is 44.6. The van der Waals surface area contributed by atoms with Gasteiger partial charge in [-0.2, -0.15) is 38.5 Å². The van der Waals surface area contributed by atoms with Crippen LogP contribution in [0.1, 0.15) is 160 Å². The van der Waals surface area contributed by atoms with E-state index in [1.807, 2.05) is 25.5 Å². The number of piperidine rings is 3. The van der Waals surface area contributed by atoms with Crippen LogP contribution >= 0.6 is 0 Å². The summed E-state index contributed by atoms with van der Waals surface area (Å²) in [6.45, 7) is 22.7. The Hall–Kier alpha value is -14.6. The van der Waals surface area contributed by atoms with E-state index in [2.05, 4.69) is 92.4 Å². The number of carbonyl (C=O) groups excluding carboxylic acids is 2.